The van der Waals surface area contributed by atoms with Crippen molar-refractivity contribution >= 4 is 101 Å². The first kappa shape index (κ1) is 86.4. The van der Waals surface area contributed by atoms with Gasteiger partial charge in [-0.15, -0.1) is 23.1 Å². The number of amides is 5. The van der Waals surface area contributed by atoms with E-state index in [9.17, 15) is 59.1 Å². The molecule has 0 bridgehead atoms. The van der Waals surface area contributed by atoms with Crippen LogP contribution in [0.15, 0.2) is 147 Å². The number of nitrogens with zero attached hydrogens (tertiary/aromatic N) is 6. The molecule has 7 atom stereocenters. The van der Waals surface area contributed by atoms with Gasteiger partial charge >= 0.3 is 5.51 Å². The number of halogens is 4. The summed E-state index contributed by atoms with van der Waals surface area (Å²) in [7, 11) is -11.0. The lowest BCUT2D eigenvalue weighted by molar-refractivity contribution is -0.144. The van der Waals surface area contributed by atoms with E-state index in [-0.39, 0.29) is 60.2 Å². The fourth-order valence-corrected chi connectivity index (χ4v) is 19.8. The number of sulfone groups is 1. The molecule has 1 aromatic heterocycles. The minimum atomic E-state index is -6.11. The van der Waals surface area contributed by atoms with E-state index in [1.807, 2.05) is 112 Å². The number of piperidine rings is 1. The van der Waals surface area contributed by atoms with Crippen LogP contribution in [0.3, 0.4) is 0 Å². The number of piperazine rings is 1. The summed E-state index contributed by atoms with van der Waals surface area (Å²) in [6.45, 7) is 20.8. The van der Waals surface area contributed by atoms with Crippen molar-refractivity contribution in [2.24, 2.45) is 10.8 Å². The summed E-state index contributed by atoms with van der Waals surface area (Å²) < 4.78 is 105. The highest BCUT2D eigenvalue weighted by atomic mass is 35.5. The third kappa shape index (κ3) is 23.4. The number of benzene rings is 5. The van der Waals surface area contributed by atoms with Gasteiger partial charge in [0.05, 0.1) is 52.0 Å². The number of sulfonamides is 1. The van der Waals surface area contributed by atoms with E-state index < -0.39 is 82.3 Å². The Morgan fingerprint density at radius 2 is 1.47 bits per heavy atom. The summed E-state index contributed by atoms with van der Waals surface area (Å²) >= 11 is 9.41. The number of unbranched alkanes of at least 4 members (excludes halogenated alkanes) is 3. The summed E-state index contributed by atoms with van der Waals surface area (Å²) in [4.78, 5) is 83.7. The van der Waals surface area contributed by atoms with Gasteiger partial charge in [-0.2, -0.15) is 13.2 Å². The number of aliphatic hydroxyl groups excluding tert-OH is 1. The topological polar surface area (TPSA) is 272 Å². The Morgan fingerprint density at radius 3 is 2.13 bits per heavy atom. The molecule has 3 unspecified atom stereocenters. The van der Waals surface area contributed by atoms with E-state index >= 15 is 0 Å². The fourth-order valence-electron chi connectivity index (χ4n) is 15.9. The van der Waals surface area contributed by atoms with E-state index in [2.05, 4.69) is 64.9 Å². The number of hydrogen-bond acceptors (Lipinski definition) is 19. The van der Waals surface area contributed by atoms with Crippen molar-refractivity contribution in [3.05, 3.63) is 160 Å². The molecule has 4 saturated heterocycles. The predicted molar refractivity (Wildman–Crippen MR) is 438 cm³/mol. The van der Waals surface area contributed by atoms with Crippen LogP contribution in [0, 0.1) is 17.8 Å². The van der Waals surface area contributed by atoms with Gasteiger partial charge in [0.2, 0.25) is 23.6 Å². The molecular weight excluding hydrogens is 1550 g/mol. The molecule has 5 amide bonds. The van der Waals surface area contributed by atoms with Crippen LogP contribution in [0.1, 0.15) is 151 Å². The van der Waals surface area contributed by atoms with Gasteiger partial charge in [0.25, 0.3) is 25.8 Å². The van der Waals surface area contributed by atoms with Crippen LogP contribution >= 0.6 is 34.7 Å². The molecule has 0 radical (unpaired) electrons. The molecule has 11 rings (SSSR count). The van der Waals surface area contributed by atoms with E-state index in [0.29, 0.717) is 88.5 Å². The molecule has 5 aliphatic rings. The lowest BCUT2D eigenvalue weighted by atomic mass is 9.71. The number of carbonyl (C=O) groups is 5. The first-order valence-corrected chi connectivity index (χ1v) is 44.4. The SMILES string of the molecule is Cc1ncsc1-c1ccc([C@H](C)NC(=O)[C@@H]2C[C@@H](O)CN2C(=O)C(NC(=O)CCCCCCC(=O)N[C@H]2CCCN(CC3(C)CCC(c4ccc(Cl)cc4)=C(CN4CCN(c5ccc(C(=O)NS(=O)(=O)c6ccc(NC(CCN7CCOCC7)CSc7ccccc7)c(S(=O)(=O)C(F)(F)F)c6)cc5)CC4)C3)C2)C(C)(C)C)cc1. The lowest BCUT2D eigenvalue weighted by Gasteiger charge is -2.44. The Balaban J connectivity index is 0.626. The molecule has 6 aromatic rings. The molecule has 5 aromatic carbocycles. The number of aromatic nitrogens is 1. The Labute approximate surface area is 676 Å². The number of anilines is 2. The zero-order valence-electron chi connectivity index (χ0n) is 65.2. The van der Waals surface area contributed by atoms with E-state index in [1.54, 1.807) is 23.5 Å². The number of hydrogen-bond donors (Lipinski definition) is 6. The maximum absolute atomic E-state index is 14.4. The molecule has 4 fully saturated rings. The second kappa shape index (κ2) is 38.5. The molecule has 6 N–H and O–H groups in total. The van der Waals surface area contributed by atoms with Crippen molar-refractivity contribution in [1.82, 2.24) is 45.3 Å². The predicted octanol–water partition coefficient (Wildman–Crippen LogP) is 12.5. The number of alkyl halides is 3. The number of β-amino-alcohol motifs (C(OH)–C–C–N with tert-alkyl or cyclic N) is 1. The second-order valence-electron chi connectivity index (χ2n) is 32.1. The van der Waals surface area contributed by atoms with Gasteiger partial charge in [-0.3, -0.25) is 33.8 Å². The van der Waals surface area contributed by atoms with Crippen LogP contribution in [0.2, 0.25) is 5.02 Å². The van der Waals surface area contributed by atoms with E-state index in [1.165, 1.54) is 39.9 Å². The number of rotatable bonds is 32. The highest BCUT2D eigenvalue weighted by molar-refractivity contribution is 7.99. The van der Waals surface area contributed by atoms with Gasteiger partial charge in [-0.05, 0) is 172 Å². The van der Waals surface area contributed by atoms with Crippen molar-refractivity contribution in [1.29, 1.82) is 0 Å². The number of nitrogens with one attached hydrogen (secondary N) is 5. The number of morpholine rings is 1. The van der Waals surface area contributed by atoms with Crippen LogP contribution in [0.25, 0.3) is 16.0 Å². The molecule has 0 saturated carbocycles. The van der Waals surface area contributed by atoms with Crippen LogP contribution in [-0.2, 0) is 43.8 Å². The number of aliphatic hydroxyl groups is 1. The van der Waals surface area contributed by atoms with Gasteiger partial charge in [0, 0.05) is 130 Å². The molecule has 30 heteroatoms. The Kier molecular flexibility index (Phi) is 29.5. The van der Waals surface area contributed by atoms with Crippen LogP contribution < -0.4 is 30.9 Å². The first-order valence-electron chi connectivity index (χ1n) is 39.2. The van der Waals surface area contributed by atoms with Crippen molar-refractivity contribution in [2.75, 3.05) is 108 Å². The Hall–Kier alpha value is -7.45. The van der Waals surface area contributed by atoms with Crippen molar-refractivity contribution in [3.8, 4) is 10.4 Å². The molecule has 612 valence electrons. The number of thiazole rings is 1. The Bertz CT molecular complexity index is 4520. The normalized spacial score (nSPS) is 20.6. The third-order valence-electron chi connectivity index (χ3n) is 22.1. The highest BCUT2D eigenvalue weighted by Crippen LogP contribution is 2.45. The number of carbonyl (C=O) groups excluding carboxylic acids is 5. The zero-order valence-corrected chi connectivity index (χ0v) is 69.3. The summed E-state index contributed by atoms with van der Waals surface area (Å²) in [5, 5.41) is 23.8. The van der Waals surface area contributed by atoms with E-state index in [0.717, 1.165) is 134 Å². The van der Waals surface area contributed by atoms with Crippen molar-refractivity contribution in [3.63, 3.8) is 0 Å². The molecule has 5 heterocycles. The highest BCUT2D eigenvalue weighted by Gasteiger charge is 2.49. The lowest BCUT2D eigenvalue weighted by Crippen LogP contribution is -2.57. The minimum Gasteiger partial charge on any atom is -0.391 e. The van der Waals surface area contributed by atoms with Crippen LogP contribution in [-0.4, -0.2) is 209 Å². The molecule has 113 heavy (non-hydrogen) atoms. The summed E-state index contributed by atoms with van der Waals surface area (Å²) in [6, 6.07) is 31.4. The third-order valence-corrected chi connectivity index (χ3v) is 27.4. The number of allylic oxidation sites excluding steroid dienone is 1. The van der Waals surface area contributed by atoms with Crippen LogP contribution in [0.4, 0.5) is 24.5 Å². The number of likely N-dealkylation sites (tertiary alicyclic amines) is 2. The van der Waals surface area contributed by atoms with Gasteiger partial charge in [-0.25, -0.2) is 26.5 Å². The summed E-state index contributed by atoms with van der Waals surface area (Å²) in [5.41, 5.74) is 2.34. The van der Waals surface area contributed by atoms with E-state index in [4.69, 9.17) is 16.3 Å². The number of ether oxygens (including phenoxy) is 1. The van der Waals surface area contributed by atoms with Gasteiger partial charge in [-0.1, -0.05) is 112 Å². The second-order valence-corrected chi connectivity index (χ2v) is 38.1. The van der Waals surface area contributed by atoms with Crippen molar-refractivity contribution in [2.45, 2.75) is 182 Å². The van der Waals surface area contributed by atoms with Crippen LogP contribution in [0.5, 0.6) is 0 Å². The molecule has 4 aliphatic heterocycles. The van der Waals surface area contributed by atoms with Gasteiger partial charge in [0.15, 0.2) is 0 Å². The standard InChI is InChI=1S/C83H107ClF3N11O11S4/c1-56(58-20-22-60(23-21-58)76-57(2)88-55-111-76)89-79(103)72-47-67(99)52-98(72)80(104)77(81(3,4)5)92-75(101)19-13-8-7-12-18-74(100)91-64-15-14-37-96(51-64)54-82(6)36-34-70(59-24-28-63(84)29-25-59)62(49-82)50-95-39-41-97(42-40-95)66-30-26-61(27-31-66)78(102)93-113(107,108)69-32-33-71(73(48-69)112(105,106)83(85,86)87)90-65(35-38-94-43-45-109-46-44-94)53-110-68-16-10-9-11-17-68/h9-11,16-17,20-33,48,55-56,64-65,67,72,77,90,99H,7-8,12-15,18-19,34-47,49-54H2,1-6H3,(H,89,103)(H,91,100)(H,92,101)(H,93,102)/t56-,64-,65?,67+,72-,77?,82?/m0/s1. The van der Waals surface area contributed by atoms with Gasteiger partial charge in [0.1, 0.15) is 17.0 Å². The largest absolute Gasteiger partial charge is 0.501 e. The fraction of sp³-hybridized carbons (Fsp3) is 0.518. The molecule has 0 spiro atoms. The average Bonchev–Trinajstić information content (AvgIpc) is 1.32. The summed E-state index contributed by atoms with van der Waals surface area (Å²) in [5.74, 6) is -1.77. The maximum atomic E-state index is 14.4. The molecule has 22 nitrogen and oxygen atoms in total. The Morgan fingerprint density at radius 1 is 0.788 bits per heavy atom. The monoisotopic (exact) mass is 1650 g/mol. The quantitative estimate of drug-likeness (QED) is 0.0169. The molecule has 1 aliphatic carbocycles. The first-order chi connectivity index (χ1) is 53.8. The minimum absolute atomic E-state index is 0.0128. The molecular formula is C83H107ClF3N11O11S4. The van der Waals surface area contributed by atoms with Gasteiger partial charge < -0.3 is 45.8 Å². The maximum Gasteiger partial charge on any atom is 0.501 e. The van der Waals surface area contributed by atoms with Crippen molar-refractivity contribution < 1.29 is 63.8 Å². The zero-order chi connectivity index (χ0) is 80.8. The summed E-state index contributed by atoms with van der Waals surface area (Å²) in [6.07, 6.45) is 7.49. The number of aryl methyl sites for hydroxylation is 1. The smallest absolute Gasteiger partial charge is 0.391 e. The average molecular weight is 1660 g/mol. The number of thioether (sulfide) groups is 1.